The SMILES string of the molecule is COc1ccc([C@H]2C3=C(CC(C)(C)CC3=O)N=C(C)C2C#N)cc1. The number of Topliss-reactive ketones (excluding diaryl/α,β-unsaturated/α-hetero) is 1. The number of carbonyl (C=O) groups is 1. The van der Waals surface area contributed by atoms with E-state index in [4.69, 9.17) is 4.74 Å². The minimum Gasteiger partial charge on any atom is -0.497 e. The highest BCUT2D eigenvalue weighted by Gasteiger charge is 2.43. The normalized spacial score (nSPS) is 25.6. The van der Waals surface area contributed by atoms with Gasteiger partial charge < -0.3 is 4.74 Å². The quantitative estimate of drug-likeness (QED) is 0.825. The number of hydrogen-bond donors (Lipinski definition) is 0. The molecular formula is C20H22N2O2. The second kappa shape index (κ2) is 5.90. The fourth-order valence-corrected chi connectivity index (χ4v) is 3.78. The van der Waals surface area contributed by atoms with E-state index in [9.17, 15) is 10.1 Å². The van der Waals surface area contributed by atoms with Gasteiger partial charge in [-0.05, 0) is 36.5 Å². The predicted octanol–water partition coefficient (Wildman–Crippen LogP) is 4.04. The van der Waals surface area contributed by atoms with Crippen molar-refractivity contribution in [1.82, 2.24) is 0 Å². The van der Waals surface area contributed by atoms with Crippen LogP contribution in [-0.2, 0) is 4.79 Å². The van der Waals surface area contributed by atoms with Crippen molar-refractivity contribution in [2.75, 3.05) is 7.11 Å². The number of rotatable bonds is 2. The maximum atomic E-state index is 12.9. The van der Waals surface area contributed by atoms with E-state index in [-0.39, 0.29) is 17.1 Å². The summed E-state index contributed by atoms with van der Waals surface area (Å²) in [7, 11) is 1.62. The first kappa shape index (κ1) is 16.4. The van der Waals surface area contributed by atoms with E-state index in [0.29, 0.717) is 6.42 Å². The Balaban J connectivity index is 2.13. The molecule has 2 atom stereocenters. The first-order valence-corrected chi connectivity index (χ1v) is 8.21. The van der Waals surface area contributed by atoms with Gasteiger partial charge in [0, 0.05) is 29.3 Å². The number of ether oxygens (including phenoxy) is 1. The average molecular weight is 322 g/mol. The third-order valence-corrected chi connectivity index (χ3v) is 4.92. The van der Waals surface area contributed by atoms with Crippen LogP contribution in [0.4, 0.5) is 0 Å². The molecule has 124 valence electrons. The van der Waals surface area contributed by atoms with Crippen molar-refractivity contribution < 1.29 is 9.53 Å². The van der Waals surface area contributed by atoms with Crippen molar-refractivity contribution in [3.8, 4) is 11.8 Å². The zero-order valence-electron chi connectivity index (χ0n) is 14.6. The smallest absolute Gasteiger partial charge is 0.161 e. The summed E-state index contributed by atoms with van der Waals surface area (Å²) >= 11 is 0. The summed E-state index contributed by atoms with van der Waals surface area (Å²) in [6, 6.07) is 10.0. The van der Waals surface area contributed by atoms with Gasteiger partial charge in [0.05, 0.1) is 19.1 Å². The molecule has 0 fully saturated rings. The topological polar surface area (TPSA) is 62.4 Å². The Hall–Kier alpha value is -2.41. The fourth-order valence-electron chi connectivity index (χ4n) is 3.78. The van der Waals surface area contributed by atoms with Gasteiger partial charge in [0.15, 0.2) is 5.78 Å². The van der Waals surface area contributed by atoms with E-state index >= 15 is 0 Å². The zero-order chi connectivity index (χ0) is 17.5. The Morgan fingerprint density at radius 3 is 2.50 bits per heavy atom. The number of allylic oxidation sites excluding steroid dienone is 2. The first-order valence-electron chi connectivity index (χ1n) is 8.21. The number of benzene rings is 1. The lowest BCUT2D eigenvalue weighted by molar-refractivity contribution is -0.118. The lowest BCUT2D eigenvalue weighted by Gasteiger charge is -2.37. The highest BCUT2D eigenvalue weighted by Crippen LogP contribution is 2.47. The largest absolute Gasteiger partial charge is 0.497 e. The van der Waals surface area contributed by atoms with Gasteiger partial charge in [0.2, 0.25) is 0 Å². The number of nitrogens with zero attached hydrogens (tertiary/aromatic N) is 2. The van der Waals surface area contributed by atoms with Crippen LogP contribution in [0.1, 0.15) is 45.1 Å². The molecule has 0 saturated carbocycles. The molecule has 0 aromatic heterocycles. The van der Waals surface area contributed by atoms with Gasteiger partial charge in [-0.3, -0.25) is 9.79 Å². The Bertz CT molecular complexity index is 779. The lowest BCUT2D eigenvalue weighted by atomic mass is 9.67. The third kappa shape index (κ3) is 2.75. The molecule has 1 aromatic carbocycles. The standard InChI is InChI=1S/C20H22N2O2/c1-12-15(11-21)18(13-5-7-14(24-4)8-6-13)19-16(22-12)9-20(2,3)10-17(19)23/h5-8,15,18H,9-10H2,1-4H3/t15?,18-/m1/s1. The van der Waals surface area contributed by atoms with E-state index in [1.807, 2.05) is 31.2 Å². The third-order valence-electron chi connectivity index (χ3n) is 4.92. The van der Waals surface area contributed by atoms with Crippen molar-refractivity contribution in [3.05, 3.63) is 41.1 Å². The van der Waals surface area contributed by atoms with Crippen LogP contribution in [0.15, 0.2) is 40.5 Å². The molecule has 0 bridgehead atoms. The molecule has 0 amide bonds. The Morgan fingerprint density at radius 2 is 1.92 bits per heavy atom. The summed E-state index contributed by atoms with van der Waals surface area (Å²) in [5, 5.41) is 9.68. The maximum Gasteiger partial charge on any atom is 0.161 e. The van der Waals surface area contributed by atoms with Crippen LogP contribution in [-0.4, -0.2) is 18.6 Å². The zero-order valence-corrected chi connectivity index (χ0v) is 14.6. The van der Waals surface area contributed by atoms with Crippen LogP contribution in [0.25, 0.3) is 0 Å². The van der Waals surface area contributed by atoms with E-state index in [0.717, 1.165) is 34.7 Å². The van der Waals surface area contributed by atoms with E-state index in [1.54, 1.807) is 7.11 Å². The van der Waals surface area contributed by atoms with Crippen LogP contribution in [0, 0.1) is 22.7 Å². The minimum absolute atomic E-state index is 0.0797. The summed E-state index contributed by atoms with van der Waals surface area (Å²) in [4.78, 5) is 17.5. The molecule has 1 aliphatic carbocycles. The monoisotopic (exact) mass is 322 g/mol. The van der Waals surface area contributed by atoms with Crippen LogP contribution >= 0.6 is 0 Å². The van der Waals surface area contributed by atoms with Crippen molar-refractivity contribution in [1.29, 1.82) is 5.26 Å². The molecule has 24 heavy (non-hydrogen) atoms. The van der Waals surface area contributed by atoms with Gasteiger partial charge >= 0.3 is 0 Å². The number of nitriles is 1. The van der Waals surface area contributed by atoms with Gasteiger partial charge in [-0.2, -0.15) is 5.26 Å². The van der Waals surface area contributed by atoms with Crippen molar-refractivity contribution in [2.24, 2.45) is 16.3 Å². The van der Waals surface area contributed by atoms with Gasteiger partial charge in [-0.25, -0.2) is 0 Å². The minimum atomic E-state index is -0.401. The van der Waals surface area contributed by atoms with Crippen molar-refractivity contribution in [3.63, 3.8) is 0 Å². The second-order valence-electron chi connectivity index (χ2n) is 7.41. The van der Waals surface area contributed by atoms with Crippen LogP contribution < -0.4 is 4.74 Å². The Morgan fingerprint density at radius 1 is 1.25 bits per heavy atom. The van der Waals surface area contributed by atoms with Gasteiger partial charge in [0.25, 0.3) is 0 Å². The average Bonchev–Trinajstić information content (AvgIpc) is 2.52. The number of methoxy groups -OCH3 is 1. The van der Waals surface area contributed by atoms with Crippen LogP contribution in [0.2, 0.25) is 0 Å². The molecule has 1 aliphatic heterocycles. The number of aliphatic imine (C=N–C) groups is 1. The Kier molecular flexibility index (Phi) is 4.04. The van der Waals surface area contributed by atoms with Gasteiger partial charge in [-0.1, -0.05) is 26.0 Å². The fraction of sp³-hybridized carbons (Fsp3) is 0.450. The Labute approximate surface area is 142 Å². The number of hydrogen-bond acceptors (Lipinski definition) is 4. The van der Waals surface area contributed by atoms with Crippen LogP contribution in [0.3, 0.4) is 0 Å². The lowest BCUT2D eigenvalue weighted by Crippen LogP contribution is -2.35. The molecule has 1 heterocycles. The summed E-state index contributed by atoms with van der Waals surface area (Å²) in [6.07, 6.45) is 1.28. The van der Waals surface area contributed by atoms with Crippen molar-refractivity contribution >= 4 is 11.5 Å². The predicted molar refractivity (Wildman–Crippen MR) is 93.0 cm³/mol. The number of ketones is 1. The molecule has 1 unspecified atom stereocenters. The molecule has 2 aliphatic rings. The van der Waals surface area contributed by atoms with Gasteiger partial charge in [0.1, 0.15) is 5.75 Å². The maximum absolute atomic E-state index is 12.9. The highest BCUT2D eigenvalue weighted by atomic mass is 16.5. The molecule has 4 nitrogen and oxygen atoms in total. The molecule has 0 saturated heterocycles. The summed E-state index contributed by atoms with van der Waals surface area (Å²) in [5.74, 6) is 0.247. The van der Waals surface area contributed by atoms with E-state index in [2.05, 4.69) is 24.9 Å². The van der Waals surface area contributed by atoms with Crippen molar-refractivity contribution in [2.45, 2.75) is 39.5 Å². The molecular weight excluding hydrogens is 300 g/mol. The molecule has 0 spiro atoms. The summed E-state index contributed by atoms with van der Waals surface area (Å²) < 4.78 is 5.22. The van der Waals surface area contributed by atoms with E-state index < -0.39 is 5.92 Å². The van der Waals surface area contributed by atoms with E-state index in [1.165, 1.54) is 0 Å². The first-order chi connectivity index (χ1) is 11.4. The van der Waals surface area contributed by atoms with Crippen LogP contribution in [0.5, 0.6) is 5.75 Å². The molecule has 0 radical (unpaired) electrons. The molecule has 4 heteroatoms. The molecule has 3 rings (SSSR count). The molecule has 0 N–H and O–H groups in total. The number of carbonyl (C=O) groups excluding carboxylic acids is 1. The second-order valence-corrected chi connectivity index (χ2v) is 7.41. The highest BCUT2D eigenvalue weighted by molar-refractivity contribution is 6.03. The summed E-state index contributed by atoms with van der Waals surface area (Å²) in [5.41, 5.74) is 3.28. The van der Waals surface area contributed by atoms with Gasteiger partial charge in [-0.15, -0.1) is 0 Å². The summed E-state index contributed by atoms with van der Waals surface area (Å²) in [6.45, 7) is 6.08. The molecule has 1 aromatic rings.